The predicted octanol–water partition coefficient (Wildman–Crippen LogP) is 1.92. The maximum Gasteiger partial charge on any atom is 0.315 e. The van der Waals surface area contributed by atoms with Crippen LogP contribution in [0.5, 0.6) is 0 Å². The summed E-state index contributed by atoms with van der Waals surface area (Å²) in [7, 11) is 0. The molecule has 0 spiro atoms. The predicted molar refractivity (Wildman–Crippen MR) is 85.3 cm³/mol. The average Bonchev–Trinajstić information content (AvgIpc) is 3.13. The number of amides is 2. The van der Waals surface area contributed by atoms with Crippen molar-refractivity contribution < 1.29 is 4.79 Å². The molecule has 0 aliphatic carbocycles. The van der Waals surface area contributed by atoms with Crippen molar-refractivity contribution in [2.24, 2.45) is 0 Å². The van der Waals surface area contributed by atoms with Crippen LogP contribution in [0.25, 0.3) is 0 Å². The number of nitrogens with two attached hydrogens (primary N) is 1. The molecule has 2 rings (SSSR count). The third-order valence-electron chi connectivity index (χ3n) is 3.19. The first kappa shape index (κ1) is 15.9. The Morgan fingerprint density at radius 1 is 1.64 bits per heavy atom. The highest BCUT2D eigenvalue weighted by Gasteiger charge is 2.11. The molecule has 2 aromatic heterocycles. The van der Waals surface area contributed by atoms with Crippen molar-refractivity contribution in [3.8, 4) is 6.07 Å². The van der Waals surface area contributed by atoms with Crippen molar-refractivity contribution in [1.82, 2.24) is 20.8 Å². The molecule has 7 nitrogen and oxygen atoms in total. The van der Waals surface area contributed by atoms with Gasteiger partial charge in [0.1, 0.15) is 11.6 Å². The quantitative estimate of drug-likeness (QED) is 0.608. The summed E-state index contributed by atoms with van der Waals surface area (Å²) in [6.07, 6.45) is 1.30. The summed E-state index contributed by atoms with van der Waals surface area (Å²) in [5.74, 6) is 0.216. The van der Waals surface area contributed by atoms with E-state index >= 15 is 0 Å². The number of nitrogens with zero attached hydrogens (tertiary/aromatic N) is 2. The van der Waals surface area contributed by atoms with Gasteiger partial charge in [0, 0.05) is 11.4 Å². The van der Waals surface area contributed by atoms with Crippen LogP contribution in [0.3, 0.4) is 0 Å². The Balaban J connectivity index is 1.70. The van der Waals surface area contributed by atoms with Gasteiger partial charge in [-0.05, 0) is 31.2 Å². The number of thiophene rings is 1. The molecule has 0 saturated carbocycles. The molecule has 2 heterocycles. The monoisotopic (exact) mass is 318 g/mol. The lowest BCUT2D eigenvalue weighted by Gasteiger charge is -2.13. The molecule has 116 valence electrons. The zero-order valence-electron chi connectivity index (χ0n) is 12.2. The minimum atomic E-state index is -0.203. The number of nitriles is 1. The van der Waals surface area contributed by atoms with Crippen LogP contribution in [0.4, 0.5) is 10.6 Å². The standard InChI is InChI=1S/C14H18N6OS/c1-9(12-5-3-7-22-12)18-14(21)17-6-2-4-11-10(8-15)13(16)20-19-11/h3,5,7,9H,2,4,6H2,1H3,(H3,16,19,20)(H2,17,18,21)/t9-/m1/s1. The first-order valence-electron chi connectivity index (χ1n) is 6.92. The smallest absolute Gasteiger partial charge is 0.315 e. The zero-order valence-corrected chi connectivity index (χ0v) is 13.0. The van der Waals surface area contributed by atoms with E-state index in [9.17, 15) is 4.79 Å². The Bertz CT molecular complexity index is 657. The Labute approximate surface area is 132 Å². The minimum absolute atomic E-state index is 0.0161. The van der Waals surface area contributed by atoms with E-state index in [4.69, 9.17) is 11.0 Å². The number of aromatic amines is 1. The largest absolute Gasteiger partial charge is 0.381 e. The highest BCUT2D eigenvalue weighted by Crippen LogP contribution is 2.17. The van der Waals surface area contributed by atoms with Crippen molar-refractivity contribution >= 4 is 23.2 Å². The van der Waals surface area contributed by atoms with Crippen LogP contribution in [-0.2, 0) is 6.42 Å². The van der Waals surface area contributed by atoms with E-state index in [-0.39, 0.29) is 17.9 Å². The molecule has 0 unspecified atom stereocenters. The summed E-state index contributed by atoms with van der Waals surface area (Å²) in [5.41, 5.74) is 6.65. The number of rotatable bonds is 6. The number of urea groups is 1. The van der Waals surface area contributed by atoms with Gasteiger partial charge < -0.3 is 16.4 Å². The van der Waals surface area contributed by atoms with Gasteiger partial charge in [0.05, 0.1) is 11.7 Å². The van der Waals surface area contributed by atoms with E-state index in [1.807, 2.05) is 30.5 Å². The number of aromatic nitrogens is 2. The third-order valence-corrected chi connectivity index (χ3v) is 4.24. The lowest BCUT2D eigenvalue weighted by Crippen LogP contribution is -2.37. The van der Waals surface area contributed by atoms with Gasteiger partial charge in [0.2, 0.25) is 0 Å². The van der Waals surface area contributed by atoms with Gasteiger partial charge in [-0.15, -0.1) is 11.3 Å². The van der Waals surface area contributed by atoms with Crippen molar-refractivity contribution in [3.63, 3.8) is 0 Å². The van der Waals surface area contributed by atoms with Gasteiger partial charge in [-0.1, -0.05) is 6.07 Å². The first-order valence-corrected chi connectivity index (χ1v) is 7.80. The van der Waals surface area contributed by atoms with E-state index in [1.54, 1.807) is 11.3 Å². The number of nitrogens with one attached hydrogen (secondary N) is 3. The van der Waals surface area contributed by atoms with Crippen molar-refractivity contribution in [3.05, 3.63) is 33.6 Å². The van der Waals surface area contributed by atoms with Crippen LogP contribution in [0.15, 0.2) is 17.5 Å². The number of nitrogen functional groups attached to an aromatic ring is 1. The summed E-state index contributed by atoms with van der Waals surface area (Å²) in [6, 6.07) is 5.74. The fourth-order valence-electron chi connectivity index (χ4n) is 2.02. The molecule has 2 amide bonds. The second-order valence-electron chi connectivity index (χ2n) is 4.82. The van der Waals surface area contributed by atoms with Gasteiger partial charge >= 0.3 is 6.03 Å². The Kier molecular flexibility index (Phi) is 5.38. The van der Waals surface area contributed by atoms with Crippen molar-refractivity contribution in [1.29, 1.82) is 5.26 Å². The molecule has 2 aromatic rings. The number of anilines is 1. The van der Waals surface area contributed by atoms with E-state index in [0.717, 1.165) is 4.88 Å². The molecule has 22 heavy (non-hydrogen) atoms. The highest BCUT2D eigenvalue weighted by molar-refractivity contribution is 7.10. The van der Waals surface area contributed by atoms with E-state index < -0.39 is 0 Å². The third kappa shape index (κ3) is 3.99. The van der Waals surface area contributed by atoms with Crippen molar-refractivity contribution in [2.75, 3.05) is 12.3 Å². The molecule has 0 aliphatic heterocycles. The second kappa shape index (κ2) is 7.47. The molecular formula is C14H18N6OS. The number of carbonyl (C=O) groups excluding carboxylic acids is 1. The maximum absolute atomic E-state index is 11.8. The lowest BCUT2D eigenvalue weighted by molar-refractivity contribution is 0.238. The fourth-order valence-corrected chi connectivity index (χ4v) is 2.76. The number of aryl methyl sites for hydroxylation is 1. The fraction of sp³-hybridized carbons (Fsp3) is 0.357. The normalized spacial score (nSPS) is 11.6. The summed E-state index contributed by atoms with van der Waals surface area (Å²) < 4.78 is 0. The summed E-state index contributed by atoms with van der Waals surface area (Å²) >= 11 is 1.61. The topological polar surface area (TPSA) is 120 Å². The molecule has 8 heteroatoms. The van der Waals surface area contributed by atoms with Gasteiger partial charge in [0.15, 0.2) is 5.82 Å². The number of hydrogen-bond acceptors (Lipinski definition) is 5. The summed E-state index contributed by atoms with van der Waals surface area (Å²) in [5, 5.41) is 23.1. The van der Waals surface area contributed by atoms with Crippen LogP contribution in [0.1, 0.15) is 35.5 Å². The van der Waals surface area contributed by atoms with Crippen LogP contribution in [0.2, 0.25) is 0 Å². The number of carbonyl (C=O) groups is 1. The Morgan fingerprint density at radius 3 is 3.14 bits per heavy atom. The molecule has 0 bridgehead atoms. The SMILES string of the molecule is C[C@@H](NC(=O)NCCCc1[nH]nc(N)c1C#N)c1cccs1. The zero-order chi connectivity index (χ0) is 15.9. The molecular weight excluding hydrogens is 300 g/mol. The minimum Gasteiger partial charge on any atom is -0.381 e. The van der Waals surface area contributed by atoms with Crippen LogP contribution < -0.4 is 16.4 Å². The molecule has 0 radical (unpaired) electrons. The number of H-pyrrole nitrogens is 1. The lowest BCUT2D eigenvalue weighted by atomic mass is 10.1. The second-order valence-corrected chi connectivity index (χ2v) is 5.79. The van der Waals surface area contributed by atoms with E-state index in [1.165, 1.54) is 0 Å². The summed E-state index contributed by atoms with van der Waals surface area (Å²) in [4.78, 5) is 12.9. The Morgan fingerprint density at radius 2 is 2.45 bits per heavy atom. The van der Waals surface area contributed by atoms with E-state index in [0.29, 0.717) is 30.6 Å². The van der Waals surface area contributed by atoms with Crippen LogP contribution >= 0.6 is 11.3 Å². The molecule has 0 saturated heterocycles. The number of hydrogen-bond donors (Lipinski definition) is 4. The average molecular weight is 318 g/mol. The molecule has 0 fully saturated rings. The molecule has 0 aliphatic rings. The molecule has 0 aromatic carbocycles. The van der Waals surface area contributed by atoms with Crippen LogP contribution in [-0.4, -0.2) is 22.8 Å². The summed E-state index contributed by atoms with van der Waals surface area (Å²) in [6.45, 7) is 2.45. The first-order chi connectivity index (χ1) is 10.6. The van der Waals surface area contributed by atoms with Gasteiger partial charge in [-0.2, -0.15) is 10.4 Å². The maximum atomic E-state index is 11.8. The van der Waals surface area contributed by atoms with Crippen molar-refractivity contribution in [2.45, 2.75) is 25.8 Å². The van der Waals surface area contributed by atoms with E-state index in [2.05, 4.69) is 20.8 Å². The van der Waals surface area contributed by atoms with Gasteiger partial charge in [0.25, 0.3) is 0 Å². The Hall–Kier alpha value is -2.53. The van der Waals surface area contributed by atoms with Gasteiger partial charge in [-0.25, -0.2) is 4.79 Å². The van der Waals surface area contributed by atoms with Gasteiger partial charge in [-0.3, -0.25) is 5.10 Å². The molecule has 5 N–H and O–H groups in total. The molecule has 1 atom stereocenters. The highest BCUT2D eigenvalue weighted by atomic mass is 32.1. The van der Waals surface area contributed by atoms with Crippen LogP contribution in [0, 0.1) is 11.3 Å².